The molecule has 0 spiro atoms. The zero-order chi connectivity index (χ0) is 10.6. The molecule has 0 radical (unpaired) electrons. The Bertz CT molecular complexity index is 294. The number of hydrogen-bond donors (Lipinski definition) is 0. The molecule has 0 N–H and O–H groups in total. The van der Waals surface area contributed by atoms with Gasteiger partial charge in [0.15, 0.2) is 0 Å². The first-order valence-corrected chi connectivity index (χ1v) is 5.42. The lowest BCUT2D eigenvalue weighted by atomic mass is 10.1. The molecule has 1 nitrogen and oxygen atoms in total. The van der Waals surface area contributed by atoms with Crippen LogP contribution < -0.4 is 4.74 Å². The van der Waals surface area contributed by atoms with Gasteiger partial charge in [-0.3, -0.25) is 0 Å². The van der Waals surface area contributed by atoms with Crippen LogP contribution in [0, 0.1) is 5.92 Å². The van der Waals surface area contributed by atoms with Crippen molar-refractivity contribution in [1.29, 1.82) is 0 Å². The van der Waals surface area contributed by atoms with Gasteiger partial charge in [0.1, 0.15) is 5.75 Å². The van der Waals surface area contributed by atoms with Crippen LogP contribution in [0.3, 0.4) is 0 Å². The first kappa shape index (κ1) is 11.4. The fraction of sp³-hybridized carbons (Fsp3) is 0.500. The molecule has 0 aliphatic carbocycles. The van der Waals surface area contributed by atoms with E-state index < -0.39 is 0 Å². The van der Waals surface area contributed by atoms with Crippen LogP contribution in [0.1, 0.15) is 26.3 Å². The smallest absolute Gasteiger partial charge is 0.120 e. The van der Waals surface area contributed by atoms with Crippen LogP contribution in [0.25, 0.3) is 0 Å². The molecular weight excluding hydrogens is 196 g/mol. The zero-order valence-electron chi connectivity index (χ0n) is 9.01. The first-order valence-electron chi connectivity index (χ1n) is 5.04. The summed E-state index contributed by atoms with van der Waals surface area (Å²) < 4.78 is 5.56. The van der Waals surface area contributed by atoms with Crippen molar-refractivity contribution in [3.63, 3.8) is 0 Å². The summed E-state index contributed by atoms with van der Waals surface area (Å²) in [5.74, 6) is 1.40. The molecule has 0 unspecified atom stereocenters. The number of benzene rings is 1. The third kappa shape index (κ3) is 3.22. The summed E-state index contributed by atoms with van der Waals surface area (Å²) in [6.45, 7) is 7.09. The average molecular weight is 213 g/mol. The highest BCUT2D eigenvalue weighted by Gasteiger charge is 2.01. The molecule has 0 atom stereocenters. The lowest BCUT2D eigenvalue weighted by Gasteiger charge is -2.10. The predicted molar refractivity (Wildman–Crippen MR) is 61.2 cm³/mol. The van der Waals surface area contributed by atoms with Gasteiger partial charge in [-0.25, -0.2) is 0 Å². The maximum atomic E-state index is 6.06. The third-order valence-electron chi connectivity index (χ3n) is 1.99. The minimum Gasteiger partial charge on any atom is -0.493 e. The quantitative estimate of drug-likeness (QED) is 0.735. The Labute approximate surface area is 91.0 Å². The van der Waals surface area contributed by atoms with Gasteiger partial charge >= 0.3 is 0 Å². The van der Waals surface area contributed by atoms with Crippen LogP contribution in [0.4, 0.5) is 0 Å². The van der Waals surface area contributed by atoms with Crippen molar-refractivity contribution in [3.05, 3.63) is 28.8 Å². The van der Waals surface area contributed by atoms with E-state index in [0.717, 1.165) is 23.8 Å². The van der Waals surface area contributed by atoms with Crippen molar-refractivity contribution < 1.29 is 4.74 Å². The van der Waals surface area contributed by atoms with Crippen molar-refractivity contribution in [2.45, 2.75) is 27.2 Å². The molecule has 0 fully saturated rings. The fourth-order valence-electron chi connectivity index (χ4n) is 1.17. The van der Waals surface area contributed by atoms with E-state index in [1.807, 2.05) is 18.2 Å². The van der Waals surface area contributed by atoms with Gasteiger partial charge in [0.2, 0.25) is 0 Å². The summed E-state index contributed by atoms with van der Waals surface area (Å²) in [6.07, 6.45) is 0.962. The van der Waals surface area contributed by atoms with Crippen LogP contribution in [0.15, 0.2) is 18.2 Å². The summed E-state index contributed by atoms with van der Waals surface area (Å²) in [5.41, 5.74) is 1.17. The number of halogens is 1. The Balaban J connectivity index is 2.66. The second kappa shape index (κ2) is 5.26. The Morgan fingerprint density at radius 3 is 2.57 bits per heavy atom. The van der Waals surface area contributed by atoms with Crippen LogP contribution in [-0.2, 0) is 6.42 Å². The van der Waals surface area contributed by atoms with Crippen molar-refractivity contribution in [3.8, 4) is 5.75 Å². The summed E-state index contributed by atoms with van der Waals surface area (Å²) in [7, 11) is 0. The Morgan fingerprint density at radius 1 is 1.36 bits per heavy atom. The van der Waals surface area contributed by atoms with Crippen LogP contribution in [0.2, 0.25) is 5.02 Å². The third-order valence-corrected chi connectivity index (χ3v) is 2.34. The van der Waals surface area contributed by atoms with E-state index in [4.69, 9.17) is 16.3 Å². The fourth-order valence-corrected chi connectivity index (χ4v) is 1.47. The molecule has 0 heterocycles. The molecule has 0 bridgehead atoms. The maximum Gasteiger partial charge on any atom is 0.120 e. The summed E-state index contributed by atoms with van der Waals surface area (Å²) in [4.78, 5) is 0. The Morgan fingerprint density at radius 2 is 2.07 bits per heavy atom. The van der Waals surface area contributed by atoms with E-state index in [0.29, 0.717) is 5.92 Å². The van der Waals surface area contributed by atoms with E-state index in [9.17, 15) is 0 Å². The topological polar surface area (TPSA) is 9.23 Å². The predicted octanol–water partition coefficient (Wildman–Crippen LogP) is 3.94. The lowest BCUT2D eigenvalue weighted by molar-refractivity contribution is 0.271. The highest BCUT2D eigenvalue weighted by molar-refractivity contribution is 6.31. The second-order valence-corrected chi connectivity index (χ2v) is 4.22. The van der Waals surface area contributed by atoms with Gasteiger partial charge in [0, 0.05) is 5.02 Å². The van der Waals surface area contributed by atoms with E-state index in [2.05, 4.69) is 20.8 Å². The van der Waals surface area contributed by atoms with Gasteiger partial charge in [-0.1, -0.05) is 38.4 Å². The van der Waals surface area contributed by atoms with Gasteiger partial charge in [0.05, 0.1) is 6.61 Å². The molecule has 78 valence electrons. The molecule has 0 aliphatic rings. The van der Waals surface area contributed by atoms with Crippen LogP contribution in [-0.4, -0.2) is 6.61 Å². The SMILES string of the molecule is CCc1ccc(OCC(C)C)cc1Cl. The number of aryl methyl sites for hydroxylation is 1. The van der Waals surface area contributed by atoms with Gasteiger partial charge in [-0.2, -0.15) is 0 Å². The molecule has 2 heteroatoms. The molecule has 0 aliphatic heterocycles. The van der Waals surface area contributed by atoms with Gasteiger partial charge in [-0.15, -0.1) is 0 Å². The van der Waals surface area contributed by atoms with Gasteiger partial charge in [0.25, 0.3) is 0 Å². The van der Waals surface area contributed by atoms with Gasteiger partial charge < -0.3 is 4.74 Å². The summed E-state index contributed by atoms with van der Waals surface area (Å²) in [6, 6.07) is 5.90. The molecule has 14 heavy (non-hydrogen) atoms. The Hall–Kier alpha value is -0.690. The molecule has 0 saturated carbocycles. The molecule has 1 aromatic rings. The molecule has 0 amide bonds. The number of ether oxygens (including phenoxy) is 1. The van der Waals surface area contributed by atoms with Crippen LogP contribution >= 0.6 is 11.6 Å². The van der Waals surface area contributed by atoms with Crippen molar-refractivity contribution in [2.24, 2.45) is 5.92 Å². The summed E-state index contributed by atoms with van der Waals surface area (Å²) >= 11 is 6.06. The maximum absolute atomic E-state index is 6.06. The molecular formula is C12H17ClO. The molecule has 0 aromatic heterocycles. The number of rotatable bonds is 4. The monoisotopic (exact) mass is 212 g/mol. The minimum absolute atomic E-state index is 0.541. The average Bonchev–Trinajstić information content (AvgIpc) is 2.15. The molecule has 1 aromatic carbocycles. The minimum atomic E-state index is 0.541. The number of hydrogen-bond acceptors (Lipinski definition) is 1. The molecule has 1 rings (SSSR count). The largest absolute Gasteiger partial charge is 0.493 e. The van der Waals surface area contributed by atoms with E-state index in [1.165, 1.54) is 5.56 Å². The van der Waals surface area contributed by atoms with Gasteiger partial charge in [-0.05, 0) is 30.0 Å². The highest BCUT2D eigenvalue weighted by atomic mass is 35.5. The highest BCUT2D eigenvalue weighted by Crippen LogP contribution is 2.23. The van der Waals surface area contributed by atoms with Crippen LogP contribution in [0.5, 0.6) is 5.75 Å². The molecule has 0 saturated heterocycles. The second-order valence-electron chi connectivity index (χ2n) is 3.81. The van der Waals surface area contributed by atoms with E-state index >= 15 is 0 Å². The zero-order valence-corrected chi connectivity index (χ0v) is 9.77. The standard InChI is InChI=1S/C12H17ClO/c1-4-10-5-6-11(7-12(10)13)14-8-9(2)3/h5-7,9H,4,8H2,1-3H3. The lowest BCUT2D eigenvalue weighted by Crippen LogP contribution is -2.04. The first-order chi connectivity index (χ1) is 6.63. The Kier molecular flexibility index (Phi) is 4.27. The van der Waals surface area contributed by atoms with Crippen molar-refractivity contribution in [2.75, 3.05) is 6.61 Å². The van der Waals surface area contributed by atoms with E-state index in [-0.39, 0.29) is 0 Å². The van der Waals surface area contributed by atoms with E-state index in [1.54, 1.807) is 0 Å². The van der Waals surface area contributed by atoms with Crippen molar-refractivity contribution >= 4 is 11.6 Å². The summed E-state index contributed by atoms with van der Waals surface area (Å²) in [5, 5.41) is 0.800. The van der Waals surface area contributed by atoms with Crippen molar-refractivity contribution in [1.82, 2.24) is 0 Å². The normalized spacial score (nSPS) is 10.6.